The number of hydrogen-bond acceptors (Lipinski definition) is 6. The fourth-order valence-electron chi connectivity index (χ4n) is 4.52. The lowest BCUT2D eigenvalue weighted by molar-refractivity contribution is -0.139. The molecule has 1 aliphatic heterocycles. The van der Waals surface area contributed by atoms with Crippen LogP contribution in [0.2, 0.25) is 0 Å². The predicted molar refractivity (Wildman–Crippen MR) is 138 cm³/mol. The van der Waals surface area contributed by atoms with Crippen LogP contribution in [0.25, 0.3) is 33.3 Å². The SMILES string of the molecule is CCOc1ncc(-c2ccc3ncnc(-c4cccc(C(=O)N5CCN(C)CC5)c4)c3c2)cc1C(F)(F)F. The van der Waals surface area contributed by atoms with Crippen LogP contribution in [-0.2, 0) is 6.18 Å². The van der Waals surface area contributed by atoms with E-state index >= 15 is 0 Å². The minimum Gasteiger partial charge on any atom is -0.478 e. The van der Waals surface area contributed by atoms with Crippen molar-refractivity contribution in [1.29, 1.82) is 0 Å². The summed E-state index contributed by atoms with van der Waals surface area (Å²) in [6, 6.07) is 13.5. The standard InChI is InChI=1S/C28H26F3N5O2/c1-3-38-26-23(28(29,30)31)15-21(16-32-26)18-7-8-24-22(14-18)25(34-17-33-24)19-5-4-6-20(13-19)27(37)36-11-9-35(2)10-12-36/h4-8,13-17H,3,9-12H2,1-2H3. The van der Waals surface area contributed by atoms with Gasteiger partial charge in [0.1, 0.15) is 11.9 Å². The molecule has 38 heavy (non-hydrogen) atoms. The molecule has 0 N–H and O–H groups in total. The average Bonchev–Trinajstić information content (AvgIpc) is 2.92. The van der Waals surface area contributed by atoms with Crippen LogP contribution in [0.1, 0.15) is 22.8 Å². The molecule has 196 valence electrons. The Labute approximate surface area is 217 Å². The number of benzene rings is 2. The molecular weight excluding hydrogens is 495 g/mol. The van der Waals surface area contributed by atoms with E-state index in [0.29, 0.717) is 40.8 Å². The van der Waals surface area contributed by atoms with E-state index in [1.807, 2.05) is 24.1 Å². The van der Waals surface area contributed by atoms with Gasteiger partial charge in [-0.3, -0.25) is 4.79 Å². The van der Waals surface area contributed by atoms with Crippen LogP contribution in [-0.4, -0.2) is 70.5 Å². The summed E-state index contributed by atoms with van der Waals surface area (Å²) in [4.78, 5) is 29.9. The fraction of sp³-hybridized carbons (Fsp3) is 0.286. The van der Waals surface area contributed by atoms with Crippen LogP contribution in [0.3, 0.4) is 0 Å². The highest BCUT2D eigenvalue weighted by Gasteiger charge is 2.36. The first-order valence-corrected chi connectivity index (χ1v) is 12.3. The van der Waals surface area contributed by atoms with Gasteiger partial charge in [0.25, 0.3) is 5.91 Å². The van der Waals surface area contributed by atoms with Crippen LogP contribution in [0.5, 0.6) is 5.88 Å². The maximum Gasteiger partial charge on any atom is 0.421 e. The molecule has 0 saturated carbocycles. The normalized spacial score (nSPS) is 14.6. The zero-order valence-corrected chi connectivity index (χ0v) is 21.0. The smallest absolute Gasteiger partial charge is 0.421 e. The average molecular weight is 522 g/mol. The molecule has 7 nitrogen and oxygen atoms in total. The van der Waals surface area contributed by atoms with Gasteiger partial charge in [0.15, 0.2) is 0 Å². The van der Waals surface area contributed by atoms with Crippen molar-refractivity contribution in [3.63, 3.8) is 0 Å². The maximum absolute atomic E-state index is 13.7. The van der Waals surface area contributed by atoms with Crippen LogP contribution < -0.4 is 4.74 Å². The molecule has 1 fully saturated rings. The Morgan fingerprint density at radius 3 is 2.47 bits per heavy atom. The topological polar surface area (TPSA) is 71.4 Å². The van der Waals surface area contributed by atoms with Crippen LogP contribution in [0, 0.1) is 0 Å². The third kappa shape index (κ3) is 5.17. The monoisotopic (exact) mass is 521 g/mol. The number of halogens is 3. The van der Waals surface area contributed by atoms with Crippen molar-refractivity contribution < 1.29 is 22.7 Å². The van der Waals surface area contributed by atoms with Crippen molar-refractivity contribution in [2.45, 2.75) is 13.1 Å². The zero-order valence-electron chi connectivity index (χ0n) is 21.0. The molecule has 0 unspecified atom stereocenters. The van der Waals surface area contributed by atoms with E-state index in [2.05, 4.69) is 19.9 Å². The number of aromatic nitrogens is 3. The minimum atomic E-state index is -4.62. The first-order chi connectivity index (χ1) is 18.2. The van der Waals surface area contributed by atoms with Crippen molar-refractivity contribution in [2.24, 2.45) is 0 Å². The number of nitrogens with zero attached hydrogens (tertiary/aromatic N) is 5. The van der Waals surface area contributed by atoms with Gasteiger partial charge in [-0.05, 0) is 49.9 Å². The summed E-state index contributed by atoms with van der Waals surface area (Å²) in [5.74, 6) is -0.491. The molecule has 1 aliphatic rings. The summed E-state index contributed by atoms with van der Waals surface area (Å²) in [5.41, 5.74) is 2.37. The Hall–Kier alpha value is -4.05. The molecule has 0 bridgehead atoms. The van der Waals surface area contributed by atoms with Gasteiger partial charge in [-0.25, -0.2) is 15.0 Å². The van der Waals surface area contributed by atoms with Gasteiger partial charge in [0.05, 0.1) is 17.8 Å². The summed E-state index contributed by atoms with van der Waals surface area (Å²) >= 11 is 0. The largest absolute Gasteiger partial charge is 0.478 e. The molecule has 2 aromatic heterocycles. The number of rotatable bonds is 5. The molecule has 0 aliphatic carbocycles. The van der Waals surface area contributed by atoms with E-state index in [4.69, 9.17) is 4.74 Å². The summed E-state index contributed by atoms with van der Waals surface area (Å²) in [7, 11) is 2.03. The number of pyridine rings is 1. The molecule has 10 heteroatoms. The van der Waals surface area contributed by atoms with Crippen molar-refractivity contribution in [2.75, 3.05) is 39.8 Å². The van der Waals surface area contributed by atoms with Gasteiger partial charge in [-0.1, -0.05) is 18.2 Å². The van der Waals surface area contributed by atoms with Crippen LogP contribution >= 0.6 is 0 Å². The summed E-state index contributed by atoms with van der Waals surface area (Å²) in [6.07, 6.45) is -1.82. The number of likely N-dealkylation sites (N-methyl/N-ethyl adjacent to an activating group) is 1. The Morgan fingerprint density at radius 2 is 1.74 bits per heavy atom. The number of ether oxygens (including phenoxy) is 1. The quantitative estimate of drug-likeness (QED) is 0.361. The van der Waals surface area contributed by atoms with Crippen LogP contribution in [0.4, 0.5) is 13.2 Å². The lowest BCUT2D eigenvalue weighted by Gasteiger charge is -2.32. The number of amides is 1. The molecule has 0 spiro atoms. The number of fused-ring (bicyclic) bond motifs is 1. The van der Waals surface area contributed by atoms with Crippen molar-refractivity contribution in [3.8, 4) is 28.3 Å². The summed E-state index contributed by atoms with van der Waals surface area (Å²) in [5, 5.41) is 0.650. The second-order valence-electron chi connectivity index (χ2n) is 9.14. The highest BCUT2D eigenvalue weighted by molar-refractivity contribution is 5.98. The van der Waals surface area contributed by atoms with Gasteiger partial charge in [0, 0.05) is 54.5 Å². The Kier molecular flexibility index (Phi) is 6.98. The third-order valence-corrected chi connectivity index (χ3v) is 6.58. The van der Waals surface area contributed by atoms with Crippen LogP contribution in [0.15, 0.2) is 61.1 Å². The van der Waals surface area contributed by atoms with Crippen molar-refractivity contribution in [3.05, 3.63) is 72.2 Å². The lowest BCUT2D eigenvalue weighted by atomic mass is 9.99. The lowest BCUT2D eigenvalue weighted by Crippen LogP contribution is -2.47. The van der Waals surface area contributed by atoms with E-state index in [1.165, 1.54) is 12.5 Å². The Morgan fingerprint density at radius 1 is 0.947 bits per heavy atom. The van der Waals surface area contributed by atoms with Gasteiger partial charge in [0.2, 0.25) is 5.88 Å². The molecule has 2 aromatic carbocycles. The third-order valence-electron chi connectivity index (χ3n) is 6.58. The van der Waals surface area contributed by atoms with Crippen molar-refractivity contribution >= 4 is 16.8 Å². The zero-order chi connectivity index (χ0) is 26.9. The number of hydrogen-bond donors (Lipinski definition) is 0. The maximum atomic E-state index is 13.7. The van der Waals surface area contributed by atoms with Gasteiger partial charge < -0.3 is 14.5 Å². The number of carbonyl (C=O) groups is 1. The first-order valence-electron chi connectivity index (χ1n) is 12.3. The predicted octanol–water partition coefficient (Wildman–Crippen LogP) is 5.16. The van der Waals surface area contributed by atoms with E-state index in [0.717, 1.165) is 24.7 Å². The van der Waals surface area contributed by atoms with E-state index in [1.54, 1.807) is 37.3 Å². The Bertz CT molecular complexity index is 1480. The molecule has 3 heterocycles. The van der Waals surface area contributed by atoms with Gasteiger partial charge >= 0.3 is 6.18 Å². The second kappa shape index (κ2) is 10.4. The molecule has 0 radical (unpaired) electrons. The fourth-order valence-corrected chi connectivity index (χ4v) is 4.52. The molecular formula is C28H26F3N5O2. The van der Waals surface area contributed by atoms with E-state index in [9.17, 15) is 18.0 Å². The highest BCUT2D eigenvalue weighted by Crippen LogP contribution is 2.38. The number of piperazine rings is 1. The van der Waals surface area contributed by atoms with Gasteiger partial charge in [-0.2, -0.15) is 13.2 Å². The second-order valence-corrected chi connectivity index (χ2v) is 9.14. The first kappa shape index (κ1) is 25.6. The molecule has 1 saturated heterocycles. The summed E-state index contributed by atoms with van der Waals surface area (Å²) < 4.78 is 46.2. The molecule has 0 atom stereocenters. The number of carbonyl (C=O) groups excluding carboxylic acids is 1. The molecule has 5 rings (SSSR count). The van der Waals surface area contributed by atoms with E-state index in [-0.39, 0.29) is 18.1 Å². The summed E-state index contributed by atoms with van der Waals surface area (Å²) in [6.45, 7) is 4.64. The van der Waals surface area contributed by atoms with E-state index < -0.39 is 17.6 Å². The molecule has 4 aromatic rings. The Balaban J connectivity index is 1.54. The molecule has 1 amide bonds. The highest BCUT2D eigenvalue weighted by atomic mass is 19.4. The minimum absolute atomic E-state index is 0.0425. The number of alkyl halides is 3. The van der Waals surface area contributed by atoms with Crippen molar-refractivity contribution in [1.82, 2.24) is 24.8 Å². The van der Waals surface area contributed by atoms with Gasteiger partial charge in [-0.15, -0.1) is 0 Å².